The van der Waals surface area contributed by atoms with E-state index in [1.165, 1.54) is 0 Å². The highest BCUT2D eigenvalue weighted by Crippen LogP contribution is 2.61. The molecule has 2 saturated heterocycles. The number of nitrogens with one attached hydrogen (secondary N) is 1. The molecule has 132 valence electrons. The zero-order chi connectivity index (χ0) is 17.6. The molecule has 25 heavy (non-hydrogen) atoms. The number of benzene rings is 1. The van der Waals surface area contributed by atoms with E-state index in [0.717, 1.165) is 44.7 Å². The normalized spacial score (nSPS) is 27.6. The number of nitrogens with zero attached hydrogens (tertiary/aromatic N) is 3. The summed E-state index contributed by atoms with van der Waals surface area (Å²) in [5, 5.41) is 12.1. The number of rotatable bonds is 2. The number of hydrogen-bond donors (Lipinski definition) is 1. The van der Waals surface area contributed by atoms with Gasteiger partial charge in [0.05, 0.1) is 11.6 Å². The summed E-state index contributed by atoms with van der Waals surface area (Å²) in [5.74, 6) is 1.41. The van der Waals surface area contributed by atoms with E-state index in [0.29, 0.717) is 22.8 Å². The Bertz CT molecular complexity index is 683. The molecule has 0 unspecified atom stereocenters. The first-order valence-corrected chi connectivity index (χ1v) is 9.29. The topological polar surface area (TPSA) is 59.4 Å². The predicted octanol–water partition coefficient (Wildman–Crippen LogP) is 2.82. The lowest BCUT2D eigenvalue weighted by Gasteiger charge is -2.35. The molecule has 1 N–H and O–H groups in total. The first-order valence-electron chi connectivity index (χ1n) is 9.29. The SMILES string of the molecule is CC1(C)[C@@H]2CN(C(=O)NC3CCN(c4ccc(C#N)cc4)CC3)C[C@@H]21. The molecule has 0 aromatic heterocycles. The van der Waals surface area contributed by atoms with E-state index >= 15 is 0 Å². The summed E-state index contributed by atoms with van der Waals surface area (Å²) in [6.45, 7) is 8.36. The Morgan fingerprint density at radius 1 is 1.16 bits per heavy atom. The van der Waals surface area contributed by atoms with Gasteiger partial charge in [-0.05, 0) is 54.4 Å². The molecule has 4 rings (SSSR count). The molecule has 2 heterocycles. The Kier molecular flexibility index (Phi) is 3.87. The van der Waals surface area contributed by atoms with E-state index < -0.39 is 0 Å². The first kappa shape index (κ1) is 16.3. The molecule has 1 aromatic rings. The largest absolute Gasteiger partial charge is 0.371 e. The van der Waals surface area contributed by atoms with Crippen molar-refractivity contribution in [3.8, 4) is 6.07 Å². The summed E-state index contributed by atoms with van der Waals surface area (Å²) in [7, 11) is 0. The van der Waals surface area contributed by atoms with Crippen molar-refractivity contribution < 1.29 is 4.79 Å². The maximum Gasteiger partial charge on any atom is 0.317 e. The Morgan fingerprint density at radius 3 is 2.32 bits per heavy atom. The Labute approximate surface area is 149 Å². The standard InChI is InChI=1S/C20H26N4O/c1-20(2)17-12-24(13-18(17)20)19(25)22-15-7-9-23(10-8-15)16-5-3-14(11-21)4-6-16/h3-6,15,17-18H,7-10,12-13H2,1-2H3,(H,22,25)/t17-,18+. The van der Waals surface area contributed by atoms with Crippen LogP contribution in [0, 0.1) is 28.6 Å². The van der Waals surface area contributed by atoms with Crippen LogP contribution in [0.25, 0.3) is 0 Å². The molecule has 3 aliphatic rings. The van der Waals surface area contributed by atoms with E-state index in [2.05, 4.69) is 30.1 Å². The Morgan fingerprint density at radius 2 is 1.76 bits per heavy atom. The van der Waals surface area contributed by atoms with Crippen LogP contribution in [0.2, 0.25) is 0 Å². The van der Waals surface area contributed by atoms with Gasteiger partial charge in [-0.3, -0.25) is 0 Å². The Hall–Kier alpha value is -2.22. The lowest BCUT2D eigenvalue weighted by atomic mass is 10.0. The number of anilines is 1. The van der Waals surface area contributed by atoms with Crippen molar-refractivity contribution in [3.63, 3.8) is 0 Å². The van der Waals surface area contributed by atoms with Crippen LogP contribution in [0.3, 0.4) is 0 Å². The van der Waals surface area contributed by atoms with Gasteiger partial charge >= 0.3 is 6.03 Å². The average Bonchev–Trinajstić information content (AvgIpc) is 2.99. The number of carbonyl (C=O) groups excluding carboxylic acids is 1. The fraction of sp³-hybridized carbons (Fsp3) is 0.600. The van der Waals surface area contributed by atoms with Gasteiger partial charge in [-0.25, -0.2) is 4.79 Å². The number of piperidine rings is 2. The van der Waals surface area contributed by atoms with Crippen LogP contribution in [-0.4, -0.2) is 43.2 Å². The second kappa shape index (κ2) is 5.94. The zero-order valence-electron chi connectivity index (χ0n) is 15.0. The summed E-state index contributed by atoms with van der Waals surface area (Å²) in [4.78, 5) is 16.8. The highest BCUT2D eigenvalue weighted by Gasteiger charge is 2.62. The van der Waals surface area contributed by atoms with Crippen LogP contribution in [0.15, 0.2) is 24.3 Å². The number of likely N-dealkylation sites (tertiary alicyclic amines) is 1. The van der Waals surface area contributed by atoms with Gasteiger partial charge in [0.2, 0.25) is 0 Å². The molecule has 0 bridgehead atoms. The smallest absolute Gasteiger partial charge is 0.317 e. The summed E-state index contributed by atoms with van der Waals surface area (Å²) >= 11 is 0. The van der Waals surface area contributed by atoms with Crippen molar-refractivity contribution in [2.24, 2.45) is 17.3 Å². The number of hydrogen-bond acceptors (Lipinski definition) is 3. The molecule has 1 aliphatic carbocycles. The summed E-state index contributed by atoms with van der Waals surface area (Å²) < 4.78 is 0. The number of fused-ring (bicyclic) bond motifs is 1. The fourth-order valence-electron chi connectivity index (χ4n) is 4.59. The molecule has 0 spiro atoms. The fourth-order valence-corrected chi connectivity index (χ4v) is 4.59. The molecule has 0 radical (unpaired) electrons. The molecule has 2 atom stereocenters. The highest BCUT2D eigenvalue weighted by atomic mass is 16.2. The van der Waals surface area contributed by atoms with Crippen LogP contribution in [0.1, 0.15) is 32.3 Å². The third kappa shape index (κ3) is 2.95. The molecule has 3 fully saturated rings. The van der Waals surface area contributed by atoms with Gasteiger partial charge in [0.15, 0.2) is 0 Å². The van der Waals surface area contributed by atoms with Crippen molar-refractivity contribution in [1.82, 2.24) is 10.2 Å². The van der Waals surface area contributed by atoms with Gasteiger partial charge in [0.25, 0.3) is 0 Å². The zero-order valence-corrected chi connectivity index (χ0v) is 15.0. The van der Waals surface area contributed by atoms with E-state index in [1.807, 2.05) is 29.2 Å². The average molecular weight is 338 g/mol. The molecule has 2 aliphatic heterocycles. The van der Waals surface area contributed by atoms with Crippen LogP contribution >= 0.6 is 0 Å². The quantitative estimate of drug-likeness (QED) is 0.902. The third-order valence-corrected chi connectivity index (χ3v) is 6.59. The second-order valence-corrected chi connectivity index (χ2v) is 8.31. The van der Waals surface area contributed by atoms with Gasteiger partial charge in [0, 0.05) is 37.9 Å². The minimum atomic E-state index is 0.125. The molecule has 2 amide bonds. The van der Waals surface area contributed by atoms with E-state index in [4.69, 9.17) is 5.26 Å². The monoisotopic (exact) mass is 338 g/mol. The summed E-state index contributed by atoms with van der Waals surface area (Å²) in [5.41, 5.74) is 2.30. The van der Waals surface area contributed by atoms with Gasteiger partial charge in [0.1, 0.15) is 0 Å². The summed E-state index contributed by atoms with van der Waals surface area (Å²) in [6.07, 6.45) is 1.94. The van der Waals surface area contributed by atoms with Crippen molar-refractivity contribution in [1.29, 1.82) is 5.26 Å². The number of carbonyl (C=O) groups is 1. The third-order valence-electron chi connectivity index (χ3n) is 6.59. The minimum absolute atomic E-state index is 0.125. The first-order chi connectivity index (χ1) is 12.0. The van der Waals surface area contributed by atoms with Crippen LogP contribution in [-0.2, 0) is 0 Å². The van der Waals surface area contributed by atoms with Crippen LogP contribution in [0.5, 0.6) is 0 Å². The predicted molar refractivity (Wildman–Crippen MR) is 97.3 cm³/mol. The van der Waals surface area contributed by atoms with Crippen molar-refractivity contribution >= 4 is 11.7 Å². The molecule has 5 nitrogen and oxygen atoms in total. The van der Waals surface area contributed by atoms with Crippen molar-refractivity contribution in [2.45, 2.75) is 32.7 Å². The van der Waals surface area contributed by atoms with Gasteiger partial charge in [-0.15, -0.1) is 0 Å². The minimum Gasteiger partial charge on any atom is -0.371 e. The van der Waals surface area contributed by atoms with E-state index in [1.54, 1.807) is 0 Å². The summed E-state index contributed by atoms with van der Waals surface area (Å²) in [6, 6.07) is 10.3. The highest BCUT2D eigenvalue weighted by molar-refractivity contribution is 5.75. The molecule has 1 aromatic carbocycles. The maximum atomic E-state index is 12.5. The molecular weight excluding hydrogens is 312 g/mol. The number of urea groups is 1. The van der Waals surface area contributed by atoms with Gasteiger partial charge in [-0.2, -0.15) is 5.26 Å². The van der Waals surface area contributed by atoms with Crippen molar-refractivity contribution in [2.75, 3.05) is 31.1 Å². The molecular formula is C20H26N4O. The van der Waals surface area contributed by atoms with Crippen LogP contribution in [0.4, 0.5) is 10.5 Å². The number of amides is 2. The number of nitriles is 1. The van der Waals surface area contributed by atoms with E-state index in [-0.39, 0.29) is 12.1 Å². The Balaban J connectivity index is 1.25. The lowest BCUT2D eigenvalue weighted by molar-refractivity contribution is 0.190. The van der Waals surface area contributed by atoms with Crippen LogP contribution < -0.4 is 10.2 Å². The van der Waals surface area contributed by atoms with Crippen molar-refractivity contribution in [3.05, 3.63) is 29.8 Å². The van der Waals surface area contributed by atoms with E-state index in [9.17, 15) is 4.79 Å². The van der Waals surface area contributed by atoms with Gasteiger partial charge in [-0.1, -0.05) is 13.8 Å². The lowest BCUT2D eigenvalue weighted by Crippen LogP contribution is -2.49. The van der Waals surface area contributed by atoms with Gasteiger partial charge < -0.3 is 15.1 Å². The second-order valence-electron chi connectivity index (χ2n) is 8.31. The molecule has 5 heteroatoms. The molecule has 1 saturated carbocycles. The maximum absolute atomic E-state index is 12.5.